The Balaban J connectivity index is 1.32. The summed E-state index contributed by atoms with van der Waals surface area (Å²) in [5.74, 6) is 2.01. The molecule has 0 bridgehead atoms. The highest BCUT2D eigenvalue weighted by atomic mass is 32.2. The quantitative estimate of drug-likeness (QED) is 0.184. The Morgan fingerprint density at radius 3 is 2.08 bits per heavy atom. The molecule has 1 heterocycles. The van der Waals surface area contributed by atoms with E-state index in [1.807, 2.05) is 16.7 Å². The molecule has 3 rings (SSSR count). The second kappa shape index (κ2) is 17.2. The van der Waals surface area contributed by atoms with Crippen LogP contribution in [0.5, 0.6) is 5.75 Å². The summed E-state index contributed by atoms with van der Waals surface area (Å²) < 4.78 is 5.95. The first kappa shape index (κ1) is 29.2. The average molecular weight is 523 g/mol. The van der Waals surface area contributed by atoms with E-state index in [0.29, 0.717) is 6.54 Å². The molecule has 0 atom stereocenters. The lowest BCUT2D eigenvalue weighted by Crippen LogP contribution is -2.30. The van der Waals surface area contributed by atoms with Crippen LogP contribution in [0.1, 0.15) is 89.2 Å². The smallest absolute Gasteiger partial charge is 0.223 e. The number of nitrogens with zero attached hydrogens (tertiary/aromatic N) is 2. The Bertz CT molecular complexity index is 927. The number of hydrogen-bond donors (Lipinski definition) is 0. The summed E-state index contributed by atoms with van der Waals surface area (Å²) in [6.07, 6.45) is 16.3. The molecule has 0 spiro atoms. The van der Waals surface area contributed by atoms with Gasteiger partial charge in [-0.3, -0.25) is 4.79 Å². The van der Waals surface area contributed by atoms with Crippen LogP contribution in [0.25, 0.3) is 0 Å². The molecule has 5 heteroatoms. The Morgan fingerprint density at radius 2 is 1.49 bits per heavy atom. The molecule has 1 amide bonds. The van der Waals surface area contributed by atoms with Gasteiger partial charge >= 0.3 is 0 Å². The van der Waals surface area contributed by atoms with E-state index in [9.17, 15) is 4.79 Å². The van der Waals surface area contributed by atoms with E-state index < -0.39 is 0 Å². The summed E-state index contributed by atoms with van der Waals surface area (Å²) in [5.41, 5.74) is 3.43. The van der Waals surface area contributed by atoms with Gasteiger partial charge in [0.05, 0.1) is 12.5 Å². The number of amides is 1. The van der Waals surface area contributed by atoms with Gasteiger partial charge in [0.2, 0.25) is 5.91 Å². The number of benzene rings is 2. The van der Waals surface area contributed by atoms with Crippen molar-refractivity contribution in [3.63, 3.8) is 0 Å². The molecular formula is C32H46N2O2S. The minimum Gasteiger partial charge on any atom is -0.494 e. The van der Waals surface area contributed by atoms with Crippen molar-refractivity contribution in [1.82, 2.24) is 4.90 Å². The highest BCUT2D eigenvalue weighted by molar-refractivity contribution is 8.02. The summed E-state index contributed by atoms with van der Waals surface area (Å²) >= 11 is 1.81. The normalized spacial score (nSPS) is 12.8. The Hall–Kier alpha value is -2.40. The third kappa shape index (κ3) is 11.3. The molecule has 0 radical (unpaired) electrons. The molecule has 0 fully saturated rings. The van der Waals surface area contributed by atoms with Crippen molar-refractivity contribution in [2.75, 3.05) is 23.9 Å². The molecule has 2 aromatic rings. The second-order valence-corrected chi connectivity index (χ2v) is 11.0. The first-order valence-electron chi connectivity index (χ1n) is 14.3. The third-order valence-electron chi connectivity index (χ3n) is 6.94. The van der Waals surface area contributed by atoms with Crippen LogP contribution < -0.4 is 9.64 Å². The fourth-order valence-electron chi connectivity index (χ4n) is 4.67. The molecule has 202 valence electrons. The van der Waals surface area contributed by atoms with Gasteiger partial charge in [0.25, 0.3) is 0 Å². The van der Waals surface area contributed by atoms with Crippen molar-refractivity contribution < 1.29 is 9.53 Å². The third-order valence-corrected chi connectivity index (χ3v) is 7.73. The van der Waals surface area contributed by atoms with Crippen molar-refractivity contribution in [3.8, 4) is 5.75 Å². The maximum atomic E-state index is 12.4. The fourth-order valence-corrected chi connectivity index (χ4v) is 5.38. The van der Waals surface area contributed by atoms with Crippen LogP contribution in [0.2, 0.25) is 0 Å². The molecule has 0 saturated carbocycles. The lowest BCUT2D eigenvalue weighted by Gasteiger charge is -2.22. The first-order valence-corrected chi connectivity index (χ1v) is 15.3. The number of unbranched alkanes of at least 4 members (excludes halogenated alkanes) is 9. The first-order chi connectivity index (χ1) is 18.2. The topological polar surface area (TPSA) is 32.8 Å². The van der Waals surface area contributed by atoms with E-state index in [1.54, 1.807) is 6.92 Å². The lowest BCUT2D eigenvalue weighted by atomic mass is 10.1. The van der Waals surface area contributed by atoms with Crippen molar-refractivity contribution in [2.24, 2.45) is 0 Å². The standard InChI is InChI=1S/C32H46N2O2S/c1-3-4-5-6-7-8-9-10-11-12-24-36-32-19-15-29(16-20-32)21-22-34(28(2)35)31-17-13-30(14-18-31)26-33-23-25-37-27-33/h13-20,23,25H,3-12,21-22,24,26-27H2,1-2H3. The van der Waals surface area contributed by atoms with E-state index in [1.165, 1.54) is 68.9 Å². The molecule has 2 aromatic carbocycles. The zero-order valence-corrected chi connectivity index (χ0v) is 23.8. The van der Waals surface area contributed by atoms with Gasteiger partial charge in [0.15, 0.2) is 0 Å². The summed E-state index contributed by atoms with van der Waals surface area (Å²) in [5, 5.41) is 2.13. The van der Waals surface area contributed by atoms with Gasteiger partial charge in [-0.25, -0.2) is 0 Å². The fraction of sp³-hybridized carbons (Fsp3) is 0.531. The molecule has 0 N–H and O–H groups in total. The summed E-state index contributed by atoms with van der Waals surface area (Å²) in [6, 6.07) is 16.7. The van der Waals surface area contributed by atoms with Crippen LogP contribution in [-0.4, -0.2) is 29.8 Å². The highest BCUT2D eigenvalue weighted by Crippen LogP contribution is 2.21. The van der Waals surface area contributed by atoms with E-state index in [2.05, 4.69) is 72.0 Å². The molecule has 4 nitrogen and oxygen atoms in total. The number of carbonyl (C=O) groups is 1. The number of carbonyl (C=O) groups excluding carboxylic acids is 1. The lowest BCUT2D eigenvalue weighted by molar-refractivity contribution is -0.116. The van der Waals surface area contributed by atoms with Crippen LogP contribution in [0.3, 0.4) is 0 Å². The monoisotopic (exact) mass is 522 g/mol. The van der Waals surface area contributed by atoms with Gasteiger partial charge in [-0.15, -0.1) is 11.8 Å². The number of hydrogen-bond acceptors (Lipinski definition) is 4. The molecule has 0 saturated heterocycles. The number of anilines is 1. The predicted molar refractivity (Wildman–Crippen MR) is 159 cm³/mol. The van der Waals surface area contributed by atoms with Crippen LogP contribution in [0.4, 0.5) is 5.69 Å². The zero-order chi connectivity index (χ0) is 26.1. The number of rotatable bonds is 18. The van der Waals surface area contributed by atoms with Gasteiger partial charge in [-0.05, 0) is 53.6 Å². The van der Waals surface area contributed by atoms with Gasteiger partial charge in [-0.1, -0.05) is 89.0 Å². The Labute approximate surface area is 229 Å². The molecule has 1 aliphatic heterocycles. The minimum absolute atomic E-state index is 0.0723. The number of thioether (sulfide) groups is 1. The minimum atomic E-state index is 0.0723. The van der Waals surface area contributed by atoms with Gasteiger partial charge < -0.3 is 14.5 Å². The number of ether oxygens (including phenoxy) is 1. The Morgan fingerprint density at radius 1 is 0.865 bits per heavy atom. The van der Waals surface area contributed by atoms with E-state index >= 15 is 0 Å². The summed E-state index contributed by atoms with van der Waals surface area (Å²) in [4.78, 5) is 16.5. The van der Waals surface area contributed by atoms with Gasteiger partial charge in [-0.2, -0.15) is 0 Å². The Kier molecular flexibility index (Phi) is 13.5. The van der Waals surface area contributed by atoms with E-state index in [0.717, 1.165) is 43.3 Å². The predicted octanol–water partition coefficient (Wildman–Crippen LogP) is 8.56. The van der Waals surface area contributed by atoms with Crippen LogP contribution >= 0.6 is 11.8 Å². The second-order valence-electron chi connectivity index (χ2n) is 10.1. The van der Waals surface area contributed by atoms with Crippen molar-refractivity contribution in [1.29, 1.82) is 0 Å². The van der Waals surface area contributed by atoms with Crippen LogP contribution in [0, 0.1) is 0 Å². The zero-order valence-electron chi connectivity index (χ0n) is 23.0. The largest absolute Gasteiger partial charge is 0.494 e. The van der Waals surface area contributed by atoms with Gasteiger partial charge in [0, 0.05) is 31.9 Å². The molecule has 0 unspecified atom stereocenters. The summed E-state index contributed by atoms with van der Waals surface area (Å²) in [7, 11) is 0. The van der Waals surface area contributed by atoms with Gasteiger partial charge in [0.1, 0.15) is 5.75 Å². The van der Waals surface area contributed by atoms with Crippen LogP contribution in [0.15, 0.2) is 60.1 Å². The van der Waals surface area contributed by atoms with E-state index in [-0.39, 0.29) is 5.91 Å². The van der Waals surface area contributed by atoms with Crippen molar-refractivity contribution >= 4 is 23.4 Å². The molecule has 0 aliphatic carbocycles. The van der Waals surface area contributed by atoms with Crippen LogP contribution in [-0.2, 0) is 17.8 Å². The molecule has 37 heavy (non-hydrogen) atoms. The van der Waals surface area contributed by atoms with Crippen molar-refractivity contribution in [3.05, 3.63) is 71.3 Å². The van der Waals surface area contributed by atoms with E-state index in [4.69, 9.17) is 4.74 Å². The molecule has 1 aliphatic rings. The highest BCUT2D eigenvalue weighted by Gasteiger charge is 2.12. The van der Waals surface area contributed by atoms with Crippen molar-refractivity contribution in [2.45, 2.75) is 91.0 Å². The SMILES string of the molecule is CCCCCCCCCCCCOc1ccc(CCN(C(C)=O)c2ccc(CN3C=CSC3)cc2)cc1. The molecular weight excluding hydrogens is 476 g/mol. The molecule has 0 aromatic heterocycles. The summed E-state index contributed by atoms with van der Waals surface area (Å²) in [6.45, 7) is 6.27. The average Bonchev–Trinajstić information content (AvgIpc) is 3.42. The maximum absolute atomic E-state index is 12.4. The maximum Gasteiger partial charge on any atom is 0.223 e.